The summed E-state index contributed by atoms with van der Waals surface area (Å²) in [5.41, 5.74) is -1.68. The zero-order valence-electron chi connectivity index (χ0n) is 20.0. The Hall–Kier alpha value is -3.66. The molecule has 0 bridgehead atoms. The minimum atomic E-state index is -4.72. The number of halogens is 3. The van der Waals surface area contributed by atoms with Gasteiger partial charge in [0.1, 0.15) is 5.65 Å². The number of nitriles is 1. The maximum atomic E-state index is 13.2. The molecule has 0 aromatic carbocycles. The quantitative estimate of drug-likeness (QED) is 0.437. The Kier molecular flexibility index (Phi) is 7.31. The molecule has 36 heavy (non-hydrogen) atoms. The third-order valence-corrected chi connectivity index (χ3v) is 7.21. The first kappa shape index (κ1) is 26.9. The Labute approximate surface area is 205 Å². The molecule has 9 nitrogen and oxygen atoms in total. The number of carbonyl (C=O) groups excluding carboxylic acids is 1. The highest BCUT2D eigenvalue weighted by atomic mass is 32.2. The Bertz CT molecular complexity index is 1460. The summed E-state index contributed by atoms with van der Waals surface area (Å²) in [7, 11) is -3.85. The highest BCUT2D eigenvalue weighted by molar-refractivity contribution is 7.91. The van der Waals surface area contributed by atoms with Crippen LogP contribution in [0.4, 0.5) is 19.0 Å². The van der Waals surface area contributed by atoms with E-state index in [4.69, 9.17) is 4.74 Å². The minimum Gasteiger partial charge on any atom is -0.462 e. The van der Waals surface area contributed by atoms with Crippen LogP contribution < -0.4 is 5.32 Å². The van der Waals surface area contributed by atoms with Gasteiger partial charge in [-0.1, -0.05) is 13.0 Å². The highest BCUT2D eigenvalue weighted by Crippen LogP contribution is 2.31. The number of hydrogen-bond donors (Lipinski definition) is 1. The second kappa shape index (κ2) is 9.77. The summed E-state index contributed by atoms with van der Waals surface area (Å²) in [6.45, 7) is 5.97. The third-order valence-electron chi connectivity index (χ3n) is 5.47. The van der Waals surface area contributed by atoms with Crippen LogP contribution in [0, 0.1) is 11.3 Å². The van der Waals surface area contributed by atoms with E-state index in [1.54, 1.807) is 26.0 Å². The van der Waals surface area contributed by atoms with Crippen LogP contribution in [0.1, 0.15) is 54.9 Å². The topological polar surface area (TPSA) is 126 Å². The molecule has 3 heterocycles. The van der Waals surface area contributed by atoms with Crippen molar-refractivity contribution >= 4 is 27.3 Å². The summed E-state index contributed by atoms with van der Waals surface area (Å²) in [5.74, 6) is -1.32. The number of sulfone groups is 1. The van der Waals surface area contributed by atoms with Crippen molar-refractivity contribution in [3.05, 3.63) is 53.0 Å². The highest BCUT2D eigenvalue weighted by Gasteiger charge is 2.33. The molecular weight excluding hydrogens is 499 g/mol. The molecule has 0 aliphatic heterocycles. The lowest BCUT2D eigenvalue weighted by atomic mass is 9.88. The Morgan fingerprint density at radius 3 is 2.50 bits per heavy atom. The van der Waals surface area contributed by atoms with Gasteiger partial charge in [0.05, 0.1) is 47.2 Å². The van der Waals surface area contributed by atoms with Crippen LogP contribution in [0.3, 0.4) is 0 Å². The molecule has 1 N–H and O–H groups in total. The number of imidazole rings is 1. The number of esters is 1. The lowest BCUT2D eigenvalue weighted by Gasteiger charge is -2.16. The predicted octanol–water partition coefficient (Wildman–Crippen LogP) is 4.13. The number of nitrogens with zero attached hydrogens (tertiary/aromatic N) is 4. The molecule has 13 heteroatoms. The van der Waals surface area contributed by atoms with E-state index in [1.165, 1.54) is 24.4 Å². The van der Waals surface area contributed by atoms with Crippen molar-refractivity contribution in [1.82, 2.24) is 14.4 Å². The van der Waals surface area contributed by atoms with Gasteiger partial charge in [0.2, 0.25) is 0 Å². The first-order chi connectivity index (χ1) is 16.7. The summed E-state index contributed by atoms with van der Waals surface area (Å²) < 4.78 is 71.7. The lowest BCUT2D eigenvalue weighted by Crippen LogP contribution is -2.17. The molecule has 192 valence electrons. The van der Waals surface area contributed by atoms with Gasteiger partial charge in [-0.15, -0.1) is 0 Å². The number of fused-ring (bicyclic) bond motifs is 1. The van der Waals surface area contributed by atoms with Crippen LogP contribution >= 0.6 is 0 Å². The van der Waals surface area contributed by atoms with Crippen LogP contribution in [0.2, 0.25) is 0 Å². The normalized spacial score (nSPS) is 12.4. The van der Waals surface area contributed by atoms with Crippen LogP contribution in [-0.2, 0) is 32.7 Å². The van der Waals surface area contributed by atoms with Crippen molar-refractivity contribution in [1.29, 1.82) is 5.26 Å². The van der Waals surface area contributed by atoms with Crippen LogP contribution in [0.15, 0.2) is 35.6 Å². The Morgan fingerprint density at radius 1 is 1.22 bits per heavy atom. The Balaban J connectivity index is 2.10. The van der Waals surface area contributed by atoms with Crippen molar-refractivity contribution in [3.63, 3.8) is 0 Å². The largest absolute Gasteiger partial charge is 0.462 e. The number of carbonyl (C=O) groups is 1. The molecule has 0 aliphatic rings. The van der Waals surface area contributed by atoms with Crippen molar-refractivity contribution in [2.45, 2.75) is 50.9 Å². The minimum absolute atomic E-state index is 0.0609. The van der Waals surface area contributed by atoms with Gasteiger partial charge in [-0.25, -0.2) is 18.2 Å². The fourth-order valence-electron chi connectivity index (χ4n) is 3.35. The van der Waals surface area contributed by atoms with Crippen molar-refractivity contribution in [2.24, 2.45) is 0 Å². The molecule has 0 unspecified atom stereocenters. The number of rotatable bonds is 8. The summed E-state index contributed by atoms with van der Waals surface area (Å²) in [6.07, 6.45) is -2.62. The van der Waals surface area contributed by atoms with E-state index in [1.807, 2.05) is 0 Å². The number of ether oxygens (including phenoxy) is 1. The molecular formula is C23H24F3N5O4S. The average Bonchev–Trinajstić information content (AvgIpc) is 3.20. The van der Waals surface area contributed by atoms with Crippen LogP contribution in [0.5, 0.6) is 0 Å². The van der Waals surface area contributed by atoms with Gasteiger partial charge in [-0.05, 0) is 38.5 Å². The van der Waals surface area contributed by atoms with Crippen molar-refractivity contribution < 1.29 is 31.1 Å². The standard InChI is InChI=1S/C23H24F3N5O4S/c1-5-35-21(32)16-9-15(23(24,25)26)10-28-17(16)11-29-19-20(36(33,34)6-2)31-12-14(22(3,4)13-27)7-8-18(31)30-19/h7-10,12,29H,5-6,11H2,1-4H3. The number of hydrogen-bond acceptors (Lipinski definition) is 8. The smallest absolute Gasteiger partial charge is 0.417 e. The number of pyridine rings is 2. The molecule has 0 spiro atoms. The van der Waals surface area contributed by atoms with E-state index in [9.17, 15) is 31.6 Å². The second-order valence-corrected chi connectivity index (χ2v) is 10.5. The fourth-order valence-corrected chi connectivity index (χ4v) is 4.48. The number of nitrogens with one attached hydrogen (secondary N) is 1. The number of anilines is 1. The van der Waals surface area contributed by atoms with E-state index in [-0.39, 0.29) is 41.1 Å². The summed E-state index contributed by atoms with van der Waals surface area (Å²) >= 11 is 0. The average molecular weight is 524 g/mol. The van der Waals surface area contributed by atoms with Crippen LogP contribution in [-0.4, -0.2) is 41.1 Å². The monoisotopic (exact) mass is 523 g/mol. The number of aromatic nitrogens is 3. The molecule has 0 saturated carbocycles. The lowest BCUT2D eigenvalue weighted by molar-refractivity contribution is -0.137. The second-order valence-electron chi connectivity index (χ2n) is 8.34. The summed E-state index contributed by atoms with van der Waals surface area (Å²) in [4.78, 5) is 20.4. The molecule has 0 saturated heterocycles. The van der Waals surface area contributed by atoms with Crippen molar-refractivity contribution in [3.8, 4) is 6.07 Å². The Morgan fingerprint density at radius 2 is 1.92 bits per heavy atom. The fraction of sp³-hybridized carbons (Fsp3) is 0.391. The first-order valence-electron chi connectivity index (χ1n) is 10.9. The van der Waals surface area contributed by atoms with Gasteiger partial charge in [0.25, 0.3) is 0 Å². The molecule has 3 aromatic rings. The summed E-state index contributed by atoms with van der Waals surface area (Å²) in [6, 6.07) is 6.03. The predicted molar refractivity (Wildman–Crippen MR) is 124 cm³/mol. The van der Waals surface area contributed by atoms with E-state index >= 15 is 0 Å². The summed E-state index contributed by atoms with van der Waals surface area (Å²) in [5, 5.41) is 12.1. The third kappa shape index (κ3) is 5.28. The van der Waals surface area contributed by atoms with E-state index in [0.717, 1.165) is 0 Å². The van der Waals surface area contributed by atoms with Gasteiger partial charge in [0.15, 0.2) is 20.7 Å². The number of alkyl halides is 3. The molecule has 0 aliphatic carbocycles. The van der Waals surface area contributed by atoms with Gasteiger partial charge in [-0.2, -0.15) is 18.4 Å². The van der Waals surface area contributed by atoms with E-state index < -0.39 is 38.5 Å². The molecule has 3 rings (SSSR count). The molecule has 0 radical (unpaired) electrons. The van der Waals surface area contributed by atoms with Gasteiger partial charge in [-0.3, -0.25) is 9.38 Å². The molecule has 0 amide bonds. The first-order valence-corrected chi connectivity index (χ1v) is 12.5. The van der Waals surface area contributed by atoms with Gasteiger partial charge >= 0.3 is 12.1 Å². The molecule has 3 aromatic heterocycles. The van der Waals surface area contributed by atoms with E-state index in [2.05, 4.69) is 21.4 Å². The maximum Gasteiger partial charge on any atom is 0.417 e. The SMILES string of the molecule is CCOC(=O)c1cc(C(F)(F)F)cnc1CNc1nc2ccc(C(C)(C)C#N)cn2c1S(=O)(=O)CC. The van der Waals surface area contributed by atoms with Crippen LogP contribution in [0.25, 0.3) is 5.65 Å². The molecule has 0 atom stereocenters. The zero-order valence-corrected chi connectivity index (χ0v) is 20.8. The van der Waals surface area contributed by atoms with Gasteiger partial charge < -0.3 is 10.1 Å². The molecule has 0 fully saturated rings. The van der Waals surface area contributed by atoms with Crippen molar-refractivity contribution in [2.75, 3.05) is 17.7 Å². The maximum absolute atomic E-state index is 13.2. The van der Waals surface area contributed by atoms with Gasteiger partial charge in [0, 0.05) is 12.4 Å². The van der Waals surface area contributed by atoms with E-state index in [0.29, 0.717) is 17.8 Å². The zero-order chi connectivity index (χ0) is 26.9.